The molecule has 0 heterocycles. The summed E-state index contributed by atoms with van der Waals surface area (Å²) < 4.78 is 20.4. The molecule has 174 valence electrons. The first-order valence-electron chi connectivity index (χ1n) is 9.99. The molecule has 0 aliphatic carbocycles. The second-order valence-corrected chi connectivity index (χ2v) is 6.66. The quantitative estimate of drug-likeness (QED) is 0.284. The van der Waals surface area contributed by atoms with Crippen molar-refractivity contribution < 1.29 is 38.4 Å². The Labute approximate surface area is 182 Å². The number of phenols is 1. The summed E-state index contributed by atoms with van der Waals surface area (Å²) in [5.41, 5.74) is 0.821. The molecule has 1 aromatic carbocycles. The number of nitrogens with one attached hydrogen (secondary N) is 2. The average molecular weight is 440 g/mol. The lowest BCUT2D eigenvalue weighted by molar-refractivity contribution is -0.130. The molecule has 0 bridgehead atoms. The molecule has 0 saturated heterocycles. The Morgan fingerprint density at radius 2 is 1.52 bits per heavy atom. The number of benzene rings is 1. The van der Waals surface area contributed by atoms with E-state index in [9.17, 15) is 19.5 Å². The molecule has 0 aliphatic heterocycles. The van der Waals surface area contributed by atoms with E-state index in [4.69, 9.17) is 18.9 Å². The Bertz CT molecular complexity index is 666. The predicted molar refractivity (Wildman–Crippen MR) is 112 cm³/mol. The molecule has 31 heavy (non-hydrogen) atoms. The number of phenolic OH excluding ortho intramolecular Hbond substituents is 1. The zero-order valence-electron chi connectivity index (χ0n) is 18.1. The summed E-state index contributed by atoms with van der Waals surface area (Å²) in [5.74, 6) is -0.673. The van der Waals surface area contributed by atoms with E-state index in [1.807, 2.05) is 0 Å². The number of ether oxygens (including phenoxy) is 4. The third kappa shape index (κ3) is 13.4. The molecule has 0 aromatic heterocycles. The summed E-state index contributed by atoms with van der Waals surface area (Å²) in [6, 6.07) is 5.78. The summed E-state index contributed by atoms with van der Waals surface area (Å²) in [7, 11) is 1.55. The maximum atomic E-state index is 12.0. The predicted octanol–water partition coefficient (Wildman–Crippen LogP) is -0.179. The van der Waals surface area contributed by atoms with E-state index in [1.165, 1.54) is 19.1 Å². The molecule has 1 atom stereocenters. The monoisotopic (exact) mass is 440 g/mol. The van der Waals surface area contributed by atoms with E-state index in [-0.39, 0.29) is 43.9 Å². The van der Waals surface area contributed by atoms with Gasteiger partial charge >= 0.3 is 0 Å². The minimum Gasteiger partial charge on any atom is -0.508 e. The Morgan fingerprint density at radius 3 is 2.16 bits per heavy atom. The fraction of sp³-hybridized carbons (Fsp3) is 0.571. The molecule has 3 N–H and O–H groups in total. The van der Waals surface area contributed by atoms with Gasteiger partial charge in [0.25, 0.3) is 0 Å². The molecule has 10 heteroatoms. The van der Waals surface area contributed by atoms with E-state index in [1.54, 1.807) is 19.2 Å². The van der Waals surface area contributed by atoms with Gasteiger partial charge in [0, 0.05) is 13.7 Å². The topological polar surface area (TPSA) is 132 Å². The van der Waals surface area contributed by atoms with Crippen LogP contribution in [0.1, 0.15) is 12.5 Å². The highest BCUT2D eigenvalue weighted by molar-refractivity contribution is 5.88. The summed E-state index contributed by atoms with van der Waals surface area (Å²) in [6.45, 7) is 3.07. The molecule has 1 rings (SSSR count). The van der Waals surface area contributed by atoms with Crippen LogP contribution in [0.15, 0.2) is 24.3 Å². The number of ketones is 1. The molecule has 0 fully saturated rings. The lowest BCUT2D eigenvalue weighted by Gasteiger charge is -2.16. The summed E-state index contributed by atoms with van der Waals surface area (Å²) >= 11 is 0. The van der Waals surface area contributed by atoms with Crippen molar-refractivity contribution in [2.24, 2.45) is 0 Å². The van der Waals surface area contributed by atoms with Crippen LogP contribution in [0.3, 0.4) is 0 Å². The zero-order chi connectivity index (χ0) is 22.9. The number of carbonyl (C=O) groups is 3. The van der Waals surface area contributed by atoms with Crippen LogP contribution >= 0.6 is 0 Å². The van der Waals surface area contributed by atoms with Gasteiger partial charge in [-0.05, 0) is 31.0 Å². The number of rotatable bonds is 17. The van der Waals surface area contributed by atoms with Crippen molar-refractivity contribution in [2.45, 2.75) is 19.4 Å². The summed E-state index contributed by atoms with van der Waals surface area (Å²) in [4.78, 5) is 35.2. The van der Waals surface area contributed by atoms with Gasteiger partial charge < -0.3 is 34.7 Å². The third-order valence-corrected chi connectivity index (χ3v) is 4.04. The maximum absolute atomic E-state index is 12.0. The number of Topliss-reactive ketones (excluding diaryl/α,β-unsaturated/α-hetero) is 1. The highest BCUT2D eigenvalue weighted by atomic mass is 16.5. The number of amides is 2. The van der Waals surface area contributed by atoms with Crippen molar-refractivity contribution in [2.75, 3.05) is 59.9 Å². The molecule has 10 nitrogen and oxygen atoms in total. The second kappa shape index (κ2) is 16.2. The Kier molecular flexibility index (Phi) is 13.9. The lowest BCUT2D eigenvalue weighted by atomic mass is 10.0. The van der Waals surface area contributed by atoms with E-state index in [0.29, 0.717) is 32.8 Å². The summed E-state index contributed by atoms with van der Waals surface area (Å²) in [6.07, 6.45) is 0.327. The summed E-state index contributed by atoms with van der Waals surface area (Å²) in [5, 5.41) is 14.6. The van der Waals surface area contributed by atoms with Crippen LogP contribution in [0.2, 0.25) is 0 Å². The fourth-order valence-electron chi connectivity index (χ4n) is 2.41. The van der Waals surface area contributed by atoms with E-state index in [0.717, 1.165) is 5.56 Å². The van der Waals surface area contributed by atoms with E-state index in [2.05, 4.69) is 10.6 Å². The molecule has 2 amide bonds. The van der Waals surface area contributed by atoms with Crippen LogP contribution in [-0.4, -0.2) is 88.6 Å². The van der Waals surface area contributed by atoms with E-state index >= 15 is 0 Å². The van der Waals surface area contributed by atoms with Gasteiger partial charge in [-0.2, -0.15) is 0 Å². The molecular formula is C21H32N2O8. The number of hydrogen-bond acceptors (Lipinski definition) is 8. The molecule has 0 radical (unpaired) electrons. The van der Waals surface area contributed by atoms with Crippen molar-refractivity contribution in [1.82, 2.24) is 10.6 Å². The van der Waals surface area contributed by atoms with Gasteiger partial charge in [-0.3, -0.25) is 14.4 Å². The van der Waals surface area contributed by atoms with Gasteiger partial charge in [0.1, 0.15) is 19.0 Å². The van der Waals surface area contributed by atoms with Crippen LogP contribution < -0.4 is 10.6 Å². The average Bonchev–Trinajstić information content (AvgIpc) is 2.74. The molecule has 0 aliphatic rings. The molecule has 0 spiro atoms. The van der Waals surface area contributed by atoms with Crippen molar-refractivity contribution in [1.29, 1.82) is 0 Å². The van der Waals surface area contributed by atoms with Crippen LogP contribution in [-0.2, 0) is 39.8 Å². The molecular weight excluding hydrogens is 408 g/mol. The van der Waals surface area contributed by atoms with Gasteiger partial charge in [0.05, 0.1) is 39.1 Å². The highest BCUT2D eigenvalue weighted by Gasteiger charge is 2.17. The number of carbonyl (C=O) groups excluding carboxylic acids is 3. The van der Waals surface area contributed by atoms with Crippen LogP contribution in [0.25, 0.3) is 0 Å². The minimum atomic E-state index is -0.668. The largest absolute Gasteiger partial charge is 0.508 e. The highest BCUT2D eigenvalue weighted by Crippen LogP contribution is 2.11. The number of aromatic hydroxyl groups is 1. The Balaban J connectivity index is 2.09. The third-order valence-electron chi connectivity index (χ3n) is 4.04. The van der Waals surface area contributed by atoms with Crippen molar-refractivity contribution in [3.63, 3.8) is 0 Å². The Morgan fingerprint density at radius 1 is 0.903 bits per heavy atom. The molecule has 1 aromatic rings. The fourth-order valence-corrected chi connectivity index (χ4v) is 2.41. The number of methoxy groups -OCH3 is 1. The van der Waals surface area contributed by atoms with Gasteiger partial charge in [0.15, 0.2) is 5.78 Å². The van der Waals surface area contributed by atoms with Crippen molar-refractivity contribution in [3.8, 4) is 5.75 Å². The van der Waals surface area contributed by atoms with Gasteiger partial charge in [-0.25, -0.2) is 0 Å². The molecule has 0 saturated carbocycles. The normalized spacial score (nSPS) is 11.7. The smallest absolute Gasteiger partial charge is 0.246 e. The Hall–Kier alpha value is -2.53. The van der Waals surface area contributed by atoms with Gasteiger partial charge in [-0.1, -0.05) is 12.1 Å². The maximum Gasteiger partial charge on any atom is 0.246 e. The van der Waals surface area contributed by atoms with Gasteiger partial charge in [-0.15, -0.1) is 0 Å². The SMILES string of the molecule is COCCOCC(=O)NCCOCCOCC(=O)N[C@@H](Cc1ccc(O)cc1)C(C)=O. The van der Waals surface area contributed by atoms with E-state index < -0.39 is 11.9 Å². The zero-order valence-corrected chi connectivity index (χ0v) is 18.1. The first-order chi connectivity index (χ1) is 14.9. The second-order valence-electron chi connectivity index (χ2n) is 6.66. The minimum absolute atomic E-state index is 0.0322. The van der Waals surface area contributed by atoms with Crippen LogP contribution in [0.5, 0.6) is 5.75 Å². The first kappa shape index (κ1) is 26.5. The number of hydrogen-bond donors (Lipinski definition) is 3. The standard InChI is InChI=1S/C21H32N2O8/c1-16(24)19(13-17-3-5-18(25)6-4-17)23-21(27)15-31-12-11-29-8-7-22-20(26)14-30-10-9-28-2/h3-6,19,25H,7-15H2,1-2H3,(H,22,26)(H,23,27)/t19-/m0/s1. The van der Waals surface area contributed by atoms with Crippen LogP contribution in [0.4, 0.5) is 0 Å². The first-order valence-corrected chi connectivity index (χ1v) is 9.99. The van der Waals surface area contributed by atoms with Crippen LogP contribution in [0, 0.1) is 0 Å². The molecule has 0 unspecified atom stereocenters. The van der Waals surface area contributed by atoms with Crippen molar-refractivity contribution >= 4 is 17.6 Å². The van der Waals surface area contributed by atoms with Gasteiger partial charge in [0.2, 0.25) is 11.8 Å². The lowest BCUT2D eigenvalue weighted by Crippen LogP contribution is -2.43. The van der Waals surface area contributed by atoms with Crippen molar-refractivity contribution in [3.05, 3.63) is 29.8 Å².